The van der Waals surface area contributed by atoms with Crippen molar-refractivity contribution in [2.75, 3.05) is 5.32 Å². The first kappa shape index (κ1) is 18.5. The first-order valence-corrected chi connectivity index (χ1v) is 9.74. The molecule has 0 unspecified atom stereocenters. The van der Waals surface area contributed by atoms with Gasteiger partial charge in [0, 0.05) is 11.6 Å². The minimum atomic E-state index is 0.401. The van der Waals surface area contributed by atoms with E-state index in [4.69, 9.17) is 10.1 Å². The van der Waals surface area contributed by atoms with Crippen LogP contribution < -0.4 is 5.32 Å². The Morgan fingerprint density at radius 2 is 1.81 bits per heavy atom. The van der Waals surface area contributed by atoms with Crippen molar-refractivity contribution >= 4 is 22.7 Å². The highest BCUT2D eigenvalue weighted by molar-refractivity contribution is 5.85. The minimum absolute atomic E-state index is 0.401. The number of rotatable bonds is 4. The average molecular weight is 406 g/mol. The maximum Gasteiger partial charge on any atom is 0.165 e. The topological polar surface area (TPSA) is 97.2 Å². The summed E-state index contributed by atoms with van der Waals surface area (Å²) < 4.78 is 3.43. The summed E-state index contributed by atoms with van der Waals surface area (Å²) in [6.45, 7) is 4.01. The van der Waals surface area contributed by atoms with Gasteiger partial charge in [0.25, 0.3) is 0 Å². The number of nitriles is 1. The average Bonchev–Trinajstić information content (AvgIpc) is 3.36. The molecule has 8 nitrogen and oxygen atoms in total. The largest absolute Gasteiger partial charge is 0.324 e. The van der Waals surface area contributed by atoms with Gasteiger partial charge in [-0.2, -0.15) is 20.1 Å². The molecule has 0 atom stereocenters. The highest BCUT2D eigenvalue weighted by Crippen LogP contribution is 2.28. The van der Waals surface area contributed by atoms with Crippen LogP contribution in [-0.4, -0.2) is 29.5 Å². The molecule has 5 aromatic rings. The number of nitrogens with one attached hydrogen (secondary N) is 1. The smallest absolute Gasteiger partial charge is 0.165 e. The summed E-state index contributed by atoms with van der Waals surface area (Å²) >= 11 is 0. The molecule has 0 fully saturated rings. The molecule has 1 aromatic carbocycles. The molecule has 0 aliphatic rings. The molecule has 0 radical (unpaired) electrons. The molecular formula is C23H18N8. The van der Waals surface area contributed by atoms with Gasteiger partial charge in [0.1, 0.15) is 17.5 Å². The van der Waals surface area contributed by atoms with E-state index in [-0.39, 0.29) is 0 Å². The second kappa shape index (κ2) is 7.39. The van der Waals surface area contributed by atoms with Crippen molar-refractivity contribution in [1.82, 2.24) is 29.5 Å². The second-order valence-corrected chi connectivity index (χ2v) is 7.10. The van der Waals surface area contributed by atoms with Crippen LogP contribution in [-0.2, 0) is 0 Å². The molecule has 150 valence electrons. The summed E-state index contributed by atoms with van der Waals surface area (Å²) in [6.07, 6.45) is 3.20. The highest BCUT2D eigenvalue weighted by atomic mass is 15.4. The van der Waals surface area contributed by atoms with Gasteiger partial charge in [-0.05, 0) is 49.7 Å². The molecule has 0 aliphatic heterocycles. The van der Waals surface area contributed by atoms with Gasteiger partial charge in [-0.15, -0.1) is 0 Å². The Hall–Kier alpha value is -4.51. The zero-order valence-electron chi connectivity index (χ0n) is 17.0. The summed E-state index contributed by atoms with van der Waals surface area (Å²) in [5, 5.41) is 22.9. The molecule has 1 N–H and O–H groups in total. The first-order chi connectivity index (χ1) is 15.2. The van der Waals surface area contributed by atoms with E-state index in [0.29, 0.717) is 23.0 Å². The lowest BCUT2D eigenvalue weighted by Crippen LogP contribution is -2.06. The minimum Gasteiger partial charge on any atom is -0.324 e. The maximum absolute atomic E-state index is 9.58. The van der Waals surface area contributed by atoms with Crippen molar-refractivity contribution in [3.8, 4) is 17.6 Å². The van der Waals surface area contributed by atoms with Gasteiger partial charge in [-0.1, -0.05) is 24.3 Å². The molecule has 8 heteroatoms. The Labute approximate surface area is 178 Å². The summed E-state index contributed by atoms with van der Waals surface area (Å²) in [5.74, 6) is 1.71. The lowest BCUT2D eigenvalue weighted by Gasteiger charge is -2.11. The Kier molecular flexibility index (Phi) is 4.41. The number of benzene rings is 1. The fourth-order valence-electron chi connectivity index (χ4n) is 3.64. The van der Waals surface area contributed by atoms with E-state index in [1.165, 1.54) is 6.20 Å². The molecule has 0 aliphatic carbocycles. The molecule has 31 heavy (non-hydrogen) atoms. The van der Waals surface area contributed by atoms with Gasteiger partial charge in [0.2, 0.25) is 0 Å². The van der Waals surface area contributed by atoms with E-state index in [1.807, 2.05) is 73.1 Å². The first-order valence-electron chi connectivity index (χ1n) is 9.74. The van der Waals surface area contributed by atoms with Crippen LogP contribution >= 0.6 is 0 Å². The van der Waals surface area contributed by atoms with Crippen molar-refractivity contribution in [2.45, 2.75) is 13.8 Å². The lowest BCUT2D eigenvalue weighted by molar-refractivity contribution is 0.853. The number of hydrogen-bond donors (Lipinski definition) is 1. The van der Waals surface area contributed by atoms with Gasteiger partial charge in [-0.25, -0.2) is 14.6 Å². The zero-order chi connectivity index (χ0) is 21.4. The monoisotopic (exact) mass is 406 g/mol. The van der Waals surface area contributed by atoms with Crippen molar-refractivity contribution < 1.29 is 0 Å². The van der Waals surface area contributed by atoms with Crippen LogP contribution in [0.5, 0.6) is 0 Å². The number of aromatic nitrogens is 6. The van der Waals surface area contributed by atoms with E-state index in [9.17, 15) is 5.26 Å². The van der Waals surface area contributed by atoms with Crippen LogP contribution in [0.25, 0.3) is 22.5 Å². The van der Waals surface area contributed by atoms with Gasteiger partial charge in [0.05, 0.1) is 17.6 Å². The summed E-state index contributed by atoms with van der Waals surface area (Å²) in [7, 11) is 0. The number of para-hydroxylation sites is 1. The maximum atomic E-state index is 9.58. The molecule has 0 bridgehead atoms. The molecule has 4 heterocycles. The van der Waals surface area contributed by atoms with Crippen LogP contribution in [0, 0.1) is 25.2 Å². The van der Waals surface area contributed by atoms with Crippen molar-refractivity contribution in [1.29, 1.82) is 5.26 Å². The third kappa shape index (κ3) is 3.18. The van der Waals surface area contributed by atoms with Gasteiger partial charge < -0.3 is 5.32 Å². The SMILES string of the molecule is Cc1cc(Nc2c(C#N)cnn2-c2ccccn2)nc2c1c(C)nn2-c1ccccc1. The van der Waals surface area contributed by atoms with E-state index in [1.54, 1.807) is 10.9 Å². The van der Waals surface area contributed by atoms with Crippen molar-refractivity contribution in [3.63, 3.8) is 0 Å². The van der Waals surface area contributed by atoms with E-state index in [2.05, 4.69) is 21.5 Å². The number of pyridine rings is 2. The number of anilines is 2. The highest BCUT2D eigenvalue weighted by Gasteiger charge is 2.17. The molecule has 4 aromatic heterocycles. The number of nitrogens with zero attached hydrogens (tertiary/aromatic N) is 7. The number of fused-ring (bicyclic) bond motifs is 1. The van der Waals surface area contributed by atoms with Crippen LogP contribution in [0.2, 0.25) is 0 Å². The summed E-state index contributed by atoms with van der Waals surface area (Å²) in [4.78, 5) is 9.18. The molecule has 0 saturated carbocycles. The zero-order valence-corrected chi connectivity index (χ0v) is 17.0. The number of hydrogen-bond acceptors (Lipinski definition) is 6. The van der Waals surface area contributed by atoms with Crippen LogP contribution in [0.15, 0.2) is 67.0 Å². The lowest BCUT2D eigenvalue weighted by atomic mass is 10.1. The molecule has 0 saturated heterocycles. The Balaban J connectivity index is 1.65. The van der Waals surface area contributed by atoms with Gasteiger partial charge in [0.15, 0.2) is 17.3 Å². The van der Waals surface area contributed by atoms with Crippen LogP contribution in [0.3, 0.4) is 0 Å². The summed E-state index contributed by atoms with van der Waals surface area (Å²) in [5.41, 5.74) is 4.02. The third-order valence-corrected chi connectivity index (χ3v) is 5.01. The van der Waals surface area contributed by atoms with Crippen LogP contribution in [0.4, 0.5) is 11.6 Å². The predicted octanol–water partition coefficient (Wildman–Crippen LogP) is 4.23. The van der Waals surface area contributed by atoms with E-state index in [0.717, 1.165) is 28.0 Å². The van der Waals surface area contributed by atoms with E-state index < -0.39 is 0 Å². The summed E-state index contributed by atoms with van der Waals surface area (Å²) in [6, 6.07) is 19.6. The van der Waals surface area contributed by atoms with Crippen molar-refractivity contribution in [2.24, 2.45) is 0 Å². The van der Waals surface area contributed by atoms with Gasteiger partial charge >= 0.3 is 0 Å². The second-order valence-electron chi connectivity index (χ2n) is 7.10. The quantitative estimate of drug-likeness (QED) is 0.480. The molecular weight excluding hydrogens is 388 g/mol. The molecule has 0 amide bonds. The Morgan fingerprint density at radius 1 is 1.00 bits per heavy atom. The Bertz CT molecular complexity index is 1430. The van der Waals surface area contributed by atoms with Gasteiger partial charge in [-0.3, -0.25) is 0 Å². The van der Waals surface area contributed by atoms with Crippen LogP contribution in [0.1, 0.15) is 16.8 Å². The molecule has 0 spiro atoms. The van der Waals surface area contributed by atoms with E-state index >= 15 is 0 Å². The standard InChI is InChI=1S/C23H18N8/c1-15-12-19(27-22-17(13-24)14-26-31(22)20-10-6-7-11-25-20)28-23-21(15)16(2)29-30(23)18-8-4-3-5-9-18/h3-12,14H,1-2H3,(H,27,28). The van der Waals surface area contributed by atoms with Crippen molar-refractivity contribution in [3.05, 3.63) is 83.8 Å². The third-order valence-electron chi connectivity index (χ3n) is 5.01. The Morgan fingerprint density at radius 3 is 2.55 bits per heavy atom. The predicted molar refractivity (Wildman–Crippen MR) is 118 cm³/mol. The normalized spacial score (nSPS) is 10.9. The fourth-order valence-corrected chi connectivity index (χ4v) is 3.64. The fraction of sp³-hybridized carbons (Fsp3) is 0.0870. The molecule has 5 rings (SSSR count). The number of aryl methyl sites for hydroxylation is 2.